The first-order chi connectivity index (χ1) is 53.0. The van der Waals surface area contributed by atoms with Crippen molar-refractivity contribution in [1.29, 1.82) is 10.5 Å². The van der Waals surface area contributed by atoms with Crippen molar-refractivity contribution in [3.05, 3.63) is 363 Å². The molecule has 22 rings (SSSR count). The Balaban J connectivity index is 0.979. The third-order valence-corrected chi connectivity index (χ3v) is 23.6. The van der Waals surface area contributed by atoms with E-state index in [4.69, 9.17) is 0 Å². The van der Waals surface area contributed by atoms with Crippen molar-refractivity contribution in [2.45, 2.75) is 0 Å². The van der Waals surface area contributed by atoms with Crippen LogP contribution in [0.3, 0.4) is 0 Å². The normalized spacial score (nSPS) is 12.4. The molecule has 7 nitrogen and oxygen atoms in total. The number of hydrogen-bond donors (Lipinski definition) is 0. The standard InChI is InChI=1S/C98H58BN7S/c100-59-61-47-51-85-78(53-61)75-35-15-20-44-83(75)102(85)67-49-50-80-87(55-67)105(96-69(63-25-5-1-6-26-63)38-23-39-70(96)64-27-7-2-8-28-64)89-56-68(103-81-42-18-13-33-73(81)74-34-14-19-43-82(74)103)57-90-94(89)99(80)95-91(106(90)97-71(65-29-9-3-10-30-65)40-24-41-72(97)66-31-11-4-12-32-66)58-88(93-77-37-17-22-46-92(77)107-98(93)95)104-84-45-21-16-36-76(84)79-54-62(60-101)48-52-86(79)104/h1-58H. The Morgan fingerprint density at radius 2 is 0.645 bits per heavy atom. The fourth-order valence-electron chi connectivity index (χ4n) is 18.0. The molecule has 0 spiro atoms. The van der Waals surface area contributed by atoms with Crippen LogP contribution in [0.5, 0.6) is 0 Å². The molecule has 2 aliphatic rings. The van der Waals surface area contributed by atoms with Crippen LogP contribution in [-0.2, 0) is 0 Å². The fourth-order valence-corrected chi connectivity index (χ4v) is 19.3. The fraction of sp³-hybridized carbons (Fsp3) is 0. The quantitative estimate of drug-likeness (QED) is 0.135. The van der Waals surface area contributed by atoms with Gasteiger partial charge in [0, 0.05) is 103 Å². The van der Waals surface area contributed by atoms with Crippen LogP contribution < -0.4 is 26.2 Å². The van der Waals surface area contributed by atoms with Crippen LogP contribution >= 0.6 is 11.3 Å². The van der Waals surface area contributed by atoms with Gasteiger partial charge in [-0.15, -0.1) is 11.3 Å². The Labute approximate surface area is 620 Å². The molecule has 0 saturated heterocycles. The summed E-state index contributed by atoms with van der Waals surface area (Å²) in [5, 5.41) is 29.9. The Kier molecular flexibility index (Phi) is 13.4. The van der Waals surface area contributed by atoms with E-state index in [1.807, 2.05) is 29.5 Å². The maximum Gasteiger partial charge on any atom is 0.254 e. The summed E-state index contributed by atoms with van der Waals surface area (Å²) in [7, 11) is 0. The second-order valence-corrected chi connectivity index (χ2v) is 29.1. The van der Waals surface area contributed by atoms with E-state index in [0.717, 1.165) is 161 Å². The van der Waals surface area contributed by atoms with Gasteiger partial charge >= 0.3 is 0 Å². The van der Waals surface area contributed by atoms with Crippen molar-refractivity contribution in [1.82, 2.24) is 13.7 Å². The van der Waals surface area contributed by atoms with Crippen molar-refractivity contribution in [3.8, 4) is 73.7 Å². The molecule has 20 aromatic rings. The van der Waals surface area contributed by atoms with E-state index in [1.54, 1.807) is 0 Å². The Hall–Kier alpha value is -14.2. The van der Waals surface area contributed by atoms with Crippen LogP contribution in [0.1, 0.15) is 11.1 Å². The topological polar surface area (TPSA) is 68.8 Å². The van der Waals surface area contributed by atoms with E-state index in [9.17, 15) is 10.5 Å². The van der Waals surface area contributed by atoms with Crippen molar-refractivity contribution >= 4 is 154 Å². The van der Waals surface area contributed by atoms with Crippen molar-refractivity contribution in [2.24, 2.45) is 0 Å². The van der Waals surface area contributed by atoms with Gasteiger partial charge in [0.05, 0.1) is 79.1 Å². The molecule has 0 bridgehead atoms. The molecule has 494 valence electrons. The van der Waals surface area contributed by atoms with E-state index in [-0.39, 0.29) is 0 Å². The number of para-hydroxylation sites is 6. The number of fused-ring (bicyclic) bond motifs is 17. The van der Waals surface area contributed by atoms with E-state index in [2.05, 4.69) is 369 Å². The molecule has 0 amide bonds. The minimum Gasteiger partial charge on any atom is -0.310 e. The van der Waals surface area contributed by atoms with Gasteiger partial charge in [-0.3, -0.25) is 0 Å². The predicted molar refractivity (Wildman–Crippen MR) is 448 cm³/mol. The number of aromatic nitrogens is 3. The predicted octanol–water partition coefficient (Wildman–Crippen LogP) is 23.8. The summed E-state index contributed by atoms with van der Waals surface area (Å²) in [5.74, 6) is 0. The molecule has 0 atom stereocenters. The minimum absolute atomic E-state index is 0.399. The molecular weight excluding hydrogens is 1320 g/mol. The molecule has 0 radical (unpaired) electrons. The molecule has 16 aromatic carbocycles. The zero-order chi connectivity index (χ0) is 70.5. The number of nitrogens with zero attached hydrogens (tertiary/aromatic N) is 7. The summed E-state index contributed by atoms with van der Waals surface area (Å²) >= 11 is 1.88. The maximum atomic E-state index is 10.6. The lowest BCUT2D eigenvalue weighted by Gasteiger charge is -2.46. The summed E-state index contributed by atoms with van der Waals surface area (Å²) in [5.41, 5.74) is 29.0. The number of benzene rings is 16. The largest absolute Gasteiger partial charge is 0.310 e. The molecule has 2 aliphatic heterocycles. The Bertz CT molecular complexity index is 7050. The van der Waals surface area contributed by atoms with Gasteiger partial charge in [-0.25, -0.2) is 0 Å². The smallest absolute Gasteiger partial charge is 0.254 e. The molecule has 4 aromatic heterocycles. The number of nitriles is 2. The molecular formula is C98H58BN7S. The Morgan fingerprint density at radius 3 is 1.12 bits per heavy atom. The van der Waals surface area contributed by atoms with Gasteiger partial charge in [-0.1, -0.05) is 255 Å². The number of anilines is 6. The van der Waals surface area contributed by atoms with Crippen LogP contribution in [0.15, 0.2) is 352 Å². The molecule has 0 unspecified atom stereocenters. The van der Waals surface area contributed by atoms with Gasteiger partial charge in [-0.05, 0) is 136 Å². The lowest BCUT2D eigenvalue weighted by molar-refractivity contribution is 1.15. The van der Waals surface area contributed by atoms with Gasteiger partial charge in [0.25, 0.3) is 6.71 Å². The SMILES string of the molecule is N#Cc1ccc2c(c1)c1ccccc1n2-c1ccc2c(c1)N(c1c(-c3ccccc3)cccc1-c1ccccc1)c1cc(-n3c4ccccc4c4ccccc43)cc3c1B2c1c(cc(-n2c4ccccc4c4cc(C#N)ccc42)c2c1sc1ccccc12)N3c1c(-c2ccccc2)cccc1-c1ccccc1. The average Bonchev–Trinajstić information content (AvgIpc) is 1.66. The zero-order valence-electron chi connectivity index (χ0n) is 57.6. The van der Waals surface area contributed by atoms with E-state index >= 15 is 0 Å². The highest BCUT2D eigenvalue weighted by atomic mass is 32.1. The summed E-state index contributed by atoms with van der Waals surface area (Å²) in [6.07, 6.45) is 0. The lowest BCUT2D eigenvalue weighted by Crippen LogP contribution is -2.61. The first-order valence-electron chi connectivity index (χ1n) is 36.3. The minimum atomic E-state index is -0.399. The van der Waals surface area contributed by atoms with Gasteiger partial charge in [0.1, 0.15) is 0 Å². The molecule has 107 heavy (non-hydrogen) atoms. The van der Waals surface area contributed by atoms with E-state index in [0.29, 0.717) is 11.1 Å². The highest BCUT2D eigenvalue weighted by Gasteiger charge is 2.48. The van der Waals surface area contributed by atoms with Gasteiger partial charge < -0.3 is 23.5 Å². The molecule has 9 heteroatoms. The van der Waals surface area contributed by atoms with Gasteiger partial charge in [0.15, 0.2) is 0 Å². The van der Waals surface area contributed by atoms with Crippen molar-refractivity contribution in [3.63, 3.8) is 0 Å². The van der Waals surface area contributed by atoms with Crippen molar-refractivity contribution in [2.75, 3.05) is 9.80 Å². The van der Waals surface area contributed by atoms with Crippen LogP contribution in [0.4, 0.5) is 34.1 Å². The van der Waals surface area contributed by atoms with Crippen molar-refractivity contribution < 1.29 is 0 Å². The second kappa shape index (κ2) is 23.7. The number of thiophene rings is 1. The number of hydrogen-bond acceptors (Lipinski definition) is 5. The first-order valence-corrected chi connectivity index (χ1v) is 37.1. The highest BCUT2D eigenvalue weighted by Crippen LogP contribution is 2.56. The maximum absolute atomic E-state index is 10.6. The summed E-state index contributed by atoms with van der Waals surface area (Å²) in [6.45, 7) is -0.399. The molecule has 0 aliphatic carbocycles. The van der Waals surface area contributed by atoms with Crippen LogP contribution in [-0.4, -0.2) is 20.4 Å². The third kappa shape index (κ3) is 8.93. The highest BCUT2D eigenvalue weighted by molar-refractivity contribution is 7.28. The summed E-state index contributed by atoms with van der Waals surface area (Å²) < 4.78 is 9.77. The van der Waals surface area contributed by atoms with Crippen LogP contribution in [0, 0.1) is 22.7 Å². The second-order valence-electron chi connectivity index (χ2n) is 28.0. The monoisotopic (exact) mass is 1380 g/mol. The summed E-state index contributed by atoms with van der Waals surface area (Å²) in [4.78, 5) is 5.35. The van der Waals surface area contributed by atoms with Crippen LogP contribution in [0.2, 0.25) is 0 Å². The molecule has 0 fully saturated rings. The van der Waals surface area contributed by atoms with E-state index in [1.165, 1.54) is 36.5 Å². The van der Waals surface area contributed by atoms with E-state index < -0.39 is 6.71 Å². The van der Waals surface area contributed by atoms with Gasteiger partial charge in [-0.2, -0.15) is 10.5 Å². The Morgan fingerprint density at radius 1 is 0.271 bits per heavy atom. The third-order valence-electron chi connectivity index (χ3n) is 22.4. The number of rotatable bonds is 9. The average molecular weight is 1380 g/mol. The molecule has 6 heterocycles. The zero-order valence-corrected chi connectivity index (χ0v) is 58.4. The molecule has 0 N–H and O–H groups in total. The molecule has 0 saturated carbocycles. The lowest BCUT2D eigenvalue weighted by atomic mass is 9.33. The van der Waals surface area contributed by atoms with Crippen LogP contribution in [0.25, 0.3) is 147 Å². The first kappa shape index (κ1) is 60.4. The summed E-state index contributed by atoms with van der Waals surface area (Å²) in [6, 6.07) is 134. The van der Waals surface area contributed by atoms with Gasteiger partial charge in [0.2, 0.25) is 0 Å².